The number of benzene rings is 2. The molecule has 3 heterocycles. The number of aromatic nitrogens is 1. The molecule has 1 amide bonds. The number of amides is 1. The smallest absolute Gasteiger partial charge is 0.265 e. The number of hydrogen-bond acceptors (Lipinski definition) is 7. The lowest BCUT2D eigenvalue weighted by atomic mass is 10.3. The molecule has 6 nitrogen and oxygen atoms in total. The van der Waals surface area contributed by atoms with Crippen molar-refractivity contribution in [3.05, 3.63) is 65.5 Å². The summed E-state index contributed by atoms with van der Waals surface area (Å²) in [7, 11) is 0. The summed E-state index contributed by atoms with van der Waals surface area (Å²) in [6, 6.07) is 18.9. The van der Waals surface area contributed by atoms with Crippen LogP contribution in [0.1, 0.15) is 9.67 Å². The average molecular weight is 438 g/mol. The highest BCUT2D eigenvalue weighted by molar-refractivity contribution is 7.29. The summed E-state index contributed by atoms with van der Waals surface area (Å²) in [6.07, 6.45) is 0. The summed E-state index contributed by atoms with van der Waals surface area (Å²) in [5.74, 6) is 1.28. The number of fused-ring (bicyclic) bond motifs is 1. The second-order valence-electron chi connectivity index (χ2n) is 6.77. The van der Waals surface area contributed by atoms with E-state index in [-0.39, 0.29) is 5.91 Å². The maximum Gasteiger partial charge on any atom is 0.265 e. The lowest BCUT2D eigenvalue weighted by molar-refractivity contribution is 0.103. The van der Waals surface area contributed by atoms with E-state index in [1.165, 1.54) is 11.3 Å². The first kappa shape index (κ1) is 19.0. The molecule has 5 rings (SSSR count). The number of carbonyl (C=O) groups excluding carboxylic acids is 1. The minimum Gasteiger partial charge on any atom is -0.457 e. The van der Waals surface area contributed by atoms with Gasteiger partial charge in [0.15, 0.2) is 5.13 Å². The molecule has 0 radical (unpaired) electrons. The highest BCUT2D eigenvalue weighted by Crippen LogP contribution is 2.35. The summed E-state index contributed by atoms with van der Waals surface area (Å²) >= 11 is 3.04. The van der Waals surface area contributed by atoms with Crippen molar-refractivity contribution in [3.63, 3.8) is 0 Å². The Balaban J connectivity index is 1.28. The van der Waals surface area contributed by atoms with Crippen molar-refractivity contribution in [3.8, 4) is 11.5 Å². The summed E-state index contributed by atoms with van der Waals surface area (Å²) in [5.41, 5.74) is 0.687. The lowest BCUT2D eigenvalue weighted by Crippen LogP contribution is -2.36. The molecule has 1 saturated heterocycles. The molecular weight excluding hydrogens is 418 g/mol. The van der Waals surface area contributed by atoms with Crippen LogP contribution in [0.3, 0.4) is 0 Å². The largest absolute Gasteiger partial charge is 0.457 e. The molecule has 1 aliphatic rings. The van der Waals surface area contributed by atoms with Gasteiger partial charge >= 0.3 is 0 Å². The molecule has 8 heteroatoms. The predicted octanol–water partition coefficient (Wildman–Crippen LogP) is 5.24. The number of rotatable bonds is 5. The molecule has 2 aromatic carbocycles. The van der Waals surface area contributed by atoms with Crippen LogP contribution in [0.5, 0.6) is 11.5 Å². The fraction of sp³-hybridized carbons (Fsp3) is 0.182. The standard InChI is InChI=1S/C22H19N3O3S2/c26-20(23-15-5-4-8-17(13-15)28-16-6-2-1-3-7-16)18-14-19-21(29-18)24-22(30-19)25-9-11-27-12-10-25/h1-8,13-14H,9-12H2,(H,23,26). The Bertz CT molecular complexity index is 1140. The fourth-order valence-corrected chi connectivity index (χ4v) is 5.34. The zero-order valence-corrected chi connectivity index (χ0v) is 17.7. The lowest BCUT2D eigenvalue weighted by Gasteiger charge is -2.25. The minimum atomic E-state index is -0.144. The number of hydrogen-bond donors (Lipinski definition) is 1. The SMILES string of the molecule is O=C(Nc1cccc(Oc2ccccc2)c1)c1cc2sc(N3CCOCC3)nc2s1. The minimum absolute atomic E-state index is 0.144. The molecule has 1 aliphatic heterocycles. The molecule has 2 aromatic heterocycles. The van der Waals surface area contributed by atoms with Crippen LogP contribution in [0.2, 0.25) is 0 Å². The van der Waals surface area contributed by atoms with E-state index >= 15 is 0 Å². The second kappa shape index (κ2) is 8.43. The monoisotopic (exact) mass is 437 g/mol. The number of anilines is 2. The Kier molecular flexibility index (Phi) is 5.35. The maximum absolute atomic E-state index is 12.7. The first-order chi connectivity index (χ1) is 14.7. The van der Waals surface area contributed by atoms with E-state index in [2.05, 4.69) is 10.2 Å². The van der Waals surface area contributed by atoms with Gasteiger partial charge in [0, 0.05) is 24.8 Å². The van der Waals surface area contributed by atoms with Crippen LogP contribution < -0.4 is 15.0 Å². The Morgan fingerprint density at radius 3 is 2.60 bits per heavy atom. The highest BCUT2D eigenvalue weighted by Gasteiger charge is 2.19. The van der Waals surface area contributed by atoms with Gasteiger partial charge in [0.2, 0.25) is 0 Å². The van der Waals surface area contributed by atoms with Gasteiger partial charge in [-0.3, -0.25) is 4.79 Å². The maximum atomic E-state index is 12.7. The van der Waals surface area contributed by atoms with E-state index in [9.17, 15) is 4.79 Å². The molecular formula is C22H19N3O3S2. The van der Waals surface area contributed by atoms with Gasteiger partial charge in [0.05, 0.1) is 22.8 Å². The summed E-state index contributed by atoms with van der Waals surface area (Å²) in [5, 5.41) is 3.95. The number of ether oxygens (including phenoxy) is 2. The molecule has 0 spiro atoms. The first-order valence-corrected chi connectivity index (χ1v) is 11.3. The van der Waals surface area contributed by atoms with Crippen molar-refractivity contribution in [1.82, 2.24) is 4.98 Å². The average Bonchev–Trinajstić information content (AvgIpc) is 3.35. The third kappa shape index (κ3) is 4.16. The zero-order valence-electron chi connectivity index (χ0n) is 16.0. The van der Waals surface area contributed by atoms with Crippen LogP contribution in [0.25, 0.3) is 9.53 Å². The van der Waals surface area contributed by atoms with Crippen molar-refractivity contribution in [2.75, 3.05) is 36.5 Å². The van der Waals surface area contributed by atoms with Crippen molar-refractivity contribution < 1.29 is 14.3 Å². The Morgan fingerprint density at radius 1 is 1.00 bits per heavy atom. The molecule has 0 unspecified atom stereocenters. The number of morpholine rings is 1. The fourth-order valence-electron chi connectivity index (χ4n) is 3.18. The van der Waals surface area contributed by atoms with E-state index in [0.29, 0.717) is 16.3 Å². The third-order valence-electron chi connectivity index (χ3n) is 4.65. The van der Waals surface area contributed by atoms with Crippen LogP contribution in [0, 0.1) is 0 Å². The van der Waals surface area contributed by atoms with Gasteiger partial charge in [0.1, 0.15) is 16.3 Å². The van der Waals surface area contributed by atoms with Crippen LogP contribution in [-0.2, 0) is 4.74 Å². The number of nitrogens with zero attached hydrogens (tertiary/aromatic N) is 2. The highest BCUT2D eigenvalue weighted by atomic mass is 32.1. The van der Waals surface area contributed by atoms with Crippen molar-refractivity contribution in [2.45, 2.75) is 0 Å². The molecule has 1 N–H and O–H groups in total. The van der Waals surface area contributed by atoms with E-state index in [0.717, 1.165) is 46.7 Å². The molecule has 30 heavy (non-hydrogen) atoms. The van der Waals surface area contributed by atoms with Gasteiger partial charge in [-0.25, -0.2) is 4.98 Å². The number of thiophene rings is 1. The van der Waals surface area contributed by atoms with Gasteiger partial charge in [-0.05, 0) is 30.3 Å². The normalized spacial score (nSPS) is 14.1. The number of thiazole rings is 1. The van der Waals surface area contributed by atoms with E-state index in [1.54, 1.807) is 11.3 Å². The summed E-state index contributed by atoms with van der Waals surface area (Å²) in [6.45, 7) is 3.17. The van der Waals surface area contributed by atoms with Crippen molar-refractivity contribution in [1.29, 1.82) is 0 Å². The quantitative estimate of drug-likeness (QED) is 0.463. The van der Waals surface area contributed by atoms with Gasteiger partial charge in [0.25, 0.3) is 5.91 Å². The molecule has 0 aliphatic carbocycles. The number of para-hydroxylation sites is 1. The van der Waals surface area contributed by atoms with E-state index in [1.807, 2.05) is 60.7 Å². The third-order valence-corrected chi connectivity index (χ3v) is 6.87. The van der Waals surface area contributed by atoms with Crippen LogP contribution in [0.15, 0.2) is 60.7 Å². The summed E-state index contributed by atoms with van der Waals surface area (Å²) < 4.78 is 12.3. The molecule has 4 aromatic rings. The topological polar surface area (TPSA) is 63.7 Å². The van der Waals surface area contributed by atoms with E-state index in [4.69, 9.17) is 14.5 Å². The molecule has 1 fully saturated rings. The Morgan fingerprint density at radius 2 is 1.80 bits per heavy atom. The molecule has 0 saturated carbocycles. The first-order valence-electron chi connectivity index (χ1n) is 9.62. The van der Waals surface area contributed by atoms with Crippen LogP contribution in [0.4, 0.5) is 10.8 Å². The van der Waals surface area contributed by atoms with Crippen LogP contribution in [-0.4, -0.2) is 37.2 Å². The zero-order chi connectivity index (χ0) is 20.3. The van der Waals surface area contributed by atoms with Crippen LogP contribution >= 0.6 is 22.7 Å². The summed E-state index contributed by atoms with van der Waals surface area (Å²) in [4.78, 5) is 21.2. The Labute approximate surface area is 181 Å². The number of nitrogens with one attached hydrogen (secondary N) is 1. The van der Waals surface area contributed by atoms with E-state index < -0.39 is 0 Å². The predicted molar refractivity (Wildman–Crippen MR) is 121 cm³/mol. The van der Waals surface area contributed by atoms with Gasteiger partial charge in [-0.2, -0.15) is 0 Å². The van der Waals surface area contributed by atoms with Gasteiger partial charge < -0.3 is 19.7 Å². The molecule has 0 bridgehead atoms. The van der Waals surface area contributed by atoms with Crippen molar-refractivity contribution >= 4 is 48.9 Å². The van der Waals surface area contributed by atoms with Gasteiger partial charge in [-0.15, -0.1) is 11.3 Å². The number of carbonyl (C=O) groups is 1. The van der Waals surface area contributed by atoms with Gasteiger partial charge in [-0.1, -0.05) is 35.6 Å². The van der Waals surface area contributed by atoms with Crippen molar-refractivity contribution in [2.24, 2.45) is 0 Å². The molecule has 0 atom stereocenters. The second-order valence-corrected chi connectivity index (χ2v) is 8.81. The molecule has 152 valence electrons. The Hall–Kier alpha value is -2.94.